The Hall–Kier alpha value is -0.930. The molecule has 0 aliphatic heterocycles. The number of aryl methyl sites for hydroxylation is 1. The Bertz CT molecular complexity index is 394. The van der Waals surface area contributed by atoms with Gasteiger partial charge >= 0.3 is 0 Å². The topological polar surface area (TPSA) is 21.3 Å². The van der Waals surface area contributed by atoms with Gasteiger partial charge < -0.3 is 10.1 Å². The first-order chi connectivity index (χ1) is 8.48. The van der Waals surface area contributed by atoms with Gasteiger partial charge in [-0.2, -0.15) is 0 Å². The van der Waals surface area contributed by atoms with Crippen LogP contribution in [0.2, 0.25) is 0 Å². The summed E-state index contributed by atoms with van der Waals surface area (Å²) >= 11 is 0. The minimum Gasteiger partial charge on any atom is -0.374 e. The van der Waals surface area contributed by atoms with Gasteiger partial charge in [-0.25, -0.2) is 4.39 Å². The molecule has 18 heavy (non-hydrogen) atoms. The molecule has 0 saturated carbocycles. The van der Waals surface area contributed by atoms with Crippen LogP contribution in [0.3, 0.4) is 0 Å². The monoisotopic (exact) mass is 253 g/mol. The van der Waals surface area contributed by atoms with Crippen LogP contribution in [0, 0.1) is 12.7 Å². The molecule has 0 heterocycles. The van der Waals surface area contributed by atoms with E-state index in [1.807, 2.05) is 27.0 Å². The lowest BCUT2D eigenvalue weighted by molar-refractivity contribution is -0.0548. The molecule has 0 radical (unpaired) electrons. The zero-order valence-electron chi connectivity index (χ0n) is 12.0. The Morgan fingerprint density at radius 1 is 1.39 bits per heavy atom. The first kappa shape index (κ1) is 15.1. The van der Waals surface area contributed by atoms with E-state index in [0.29, 0.717) is 6.61 Å². The van der Waals surface area contributed by atoms with Gasteiger partial charge in [-0.05, 0) is 57.5 Å². The third-order valence-corrected chi connectivity index (χ3v) is 3.62. The second-order valence-electron chi connectivity index (χ2n) is 4.82. The maximum atomic E-state index is 13.2. The summed E-state index contributed by atoms with van der Waals surface area (Å²) in [5.41, 5.74) is 1.76. The number of benzene rings is 1. The van der Waals surface area contributed by atoms with Crippen LogP contribution in [0.15, 0.2) is 18.2 Å². The number of nitrogens with one attached hydrogen (secondary N) is 1. The van der Waals surface area contributed by atoms with Gasteiger partial charge in [-0.3, -0.25) is 0 Å². The van der Waals surface area contributed by atoms with Gasteiger partial charge in [0, 0.05) is 6.61 Å². The SMILES string of the molecule is CCOC(C)(CC)C(NC)c1ccc(F)cc1C. The van der Waals surface area contributed by atoms with E-state index in [1.54, 1.807) is 6.07 Å². The van der Waals surface area contributed by atoms with E-state index in [0.717, 1.165) is 17.5 Å². The zero-order valence-corrected chi connectivity index (χ0v) is 12.0. The molecule has 1 rings (SSSR count). The van der Waals surface area contributed by atoms with E-state index in [1.165, 1.54) is 6.07 Å². The number of halogens is 1. The highest BCUT2D eigenvalue weighted by molar-refractivity contribution is 5.31. The first-order valence-electron chi connectivity index (χ1n) is 6.55. The maximum Gasteiger partial charge on any atom is 0.123 e. The van der Waals surface area contributed by atoms with Gasteiger partial charge in [0.1, 0.15) is 5.82 Å². The summed E-state index contributed by atoms with van der Waals surface area (Å²) in [5.74, 6) is -0.194. The van der Waals surface area contributed by atoms with Crippen molar-refractivity contribution in [3.63, 3.8) is 0 Å². The van der Waals surface area contributed by atoms with Crippen molar-refractivity contribution in [2.24, 2.45) is 0 Å². The average Bonchev–Trinajstić information content (AvgIpc) is 2.33. The van der Waals surface area contributed by atoms with E-state index >= 15 is 0 Å². The van der Waals surface area contributed by atoms with Crippen molar-refractivity contribution in [2.45, 2.75) is 45.8 Å². The Kier molecular flexibility index (Phi) is 5.29. The lowest BCUT2D eigenvalue weighted by Crippen LogP contribution is -2.42. The summed E-state index contributed by atoms with van der Waals surface area (Å²) in [7, 11) is 1.92. The lowest BCUT2D eigenvalue weighted by Gasteiger charge is -2.37. The molecule has 0 bridgehead atoms. The molecule has 0 spiro atoms. The van der Waals surface area contributed by atoms with Crippen LogP contribution in [-0.2, 0) is 4.74 Å². The smallest absolute Gasteiger partial charge is 0.123 e. The van der Waals surface area contributed by atoms with Crippen molar-refractivity contribution < 1.29 is 9.13 Å². The third kappa shape index (κ3) is 3.09. The molecule has 1 N–H and O–H groups in total. The van der Waals surface area contributed by atoms with Crippen molar-refractivity contribution >= 4 is 0 Å². The number of hydrogen-bond donors (Lipinski definition) is 1. The normalized spacial score (nSPS) is 16.3. The summed E-state index contributed by atoms with van der Waals surface area (Å²) in [5, 5.41) is 3.31. The molecule has 0 amide bonds. The summed E-state index contributed by atoms with van der Waals surface area (Å²) in [6.45, 7) is 8.81. The van der Waals surface area contributed by atoms with Gasteiger partial charge in [0.15, 0.2) is 0 Å². The molecule has 0 saturated heterocycles. The van der Waals surface area contributed by atoms with E-state index < -0.39 is 0 Å². The summed E-state index contributed by atoms with van der Waals surface area (Å²) in [6, 6.07) is 4.98. The zero-order chi connectivity index (χ0) is 13.8. The van der Waals surface area contributed by atoms with Crippen molar-refractivity contribution in [3.8, 4) is 0 Å². The molecule has 0 aliphatic carbocycles. The second-order valence-corrected chi connectivity index (χ2v) is 4.82. The van der Waals surface area contributed by atoms with E-state index in [-0.39, 0.29) is 17.5 Å². The van der Waals surface area contributed by atoms with E-state index in [2.05, 4.69) is 19.2 Å². The van der Waals surface area contributed by atoms with Crippen LogP contribution in [-0.4, -0.2) is 19.3 Å². The van der Waals surface area contributed by atoms with Gasteiger partial charge in [0.25, 0.3) is 0 Å². The summed E-state index contributed by atoms with van der Waals surface area (Å²) in [6.07, 6.45) is 0.892. The molecular formula is C15H24FNO. The highest BCUT2D eigenvalue weighted by Crippen LogP contribution is 2.33. The lowest BCUT2D eigenvalue weighted by atomic mass is 9.85. The third-order valence-electron chi connectivity index (χ3n) is 3.62. The number of ether oxygens (including phenoxy) is 1. The Morgan fingerprint density at radius 3 is 2.50 bits per heavy atom. The van der Waals surface area contributed by atoms with E-state index in [9.17, 15) is 4.39 Å². The quantitative estimate of drug-likeness (QED) is 0.836. The molecule has 1 aromatic carbocycles. The minimum absolute atomic E-state index is 0.0584. The van der Waals surface area contributed by atoms with Gasteiger partial charge in [-0.1, -0.05) is 13.0 Å². The molecule has 2 unspecified atom stereocenters. The fourth-order valence-corrected chi connectivity index (χ4v) is 2.47. The molecule has 3 heteroatoms. The van der Waals surface area contributed by atoms with Crippen molar-refractivity contribution in [1.29, 1.82) is 0 Å². The van der Waals surface area contributed by atoms with Crippen LogP contribution in [0.4, 0.5) is 4.39 Å². The standard InChI is InChI=1S/C15H24FNO/c1-6-15(4,18-7-2)14(17-5)13-9-8-12(16)10-11(13)3/h8-10,14,17H,6-7H2,1-5H3. The Labute approximate surface area is 110 Å². The fourth-order valence-electron chi connectivity index (χ4n) is 2.47. The largest absolute Gasteiger partial charge is 0.374 e. The molecule has 0 aliphatic rings. The van der Waals surface area contributed by atoms with Crippen LogP contribution >= 0.6 is 0 Å². The van der Waals surface area contributed by atoms with Crippen LogP contribution in [0.25, 0.3) is 0 Å². The molecule has 0 fully saturated rings. The van der Waals surface area contributed by atoms with Gasteiger partial charge in [0.2, 0.25) is 0 Å². The molecule has 2 nitrogen and oxygen atoms in total. The summed E-state index contributed by atoms with van der Waals surface area (Å²) in [4.78, 5) is 0. The minimum atomic E-state index is -0.286. The van der Waals surface area contributed by atoms with Crippen LogP contribution < -0.4 is 5.32 Å². The number of rotatable bonds is 6. The Morgan fingerprint density at radius 2 is 2.06 bits per heavy atom. The number of likely N-dealkylation sites (N-methyl/N-ethyl adjacent to an activating group) is 1. The van der Waals surface area contributed by atoms with Crippen LogP contribution in [0.5, 0.6) is 0 Å². The molecule has 102 valence electrons. The average molecular weight is 253 g/mol. The van der Waals surface area contributed by atoms with Crippen molar-refractivity contribution in [1.82, 2.24) is 5.32 Å². The molecular weight excluding hydrogens is 229 g/mol. The highest BCUT2D eigenvalue weighted by atomic mass is 19.1. The number of hydrogen-bond acceptors (Lipinski definition) is 2. The van der Waals surface area contributed by atoms with Crippen LogP contribution in [0.1, 0.15) is 44.4 Å². The molecule has 0 aromatic heterocycles. The van der Waals surface area contributed by atoms with Crippen molar-refractivity contribution in [3.05, 3.63) is 35.1 Å². The highest BCUT2D eigenvalue weighted by Gasteiger charge is 2.34. The summed E-state index contributed by atoms with van der Waals surface area (Å²) < 4.78 is 19.1. The first-order valence-corrected chi connectivity index (χ1v) is 6.55. The Balaban J connectivity index is 3.15. The van der Waals surface area contributed by atoms with Gasteiger partial charge in [0.05, 0.1) is 11.6 Å². The molecule has 2 atom stereocenters. The second kappa shape index (κ2) is 6.30. The van der Waals surface area contributed by atoms with Crippen molar-refractivity contribution in [2.75, 3.05) is 13.7 Å². The predicted molar refractivity (Wildman–Crippen MR) is 73.3 cm³/mol. The van der Waals surface area contributed by atoms with Gasteiger partial charge in [-0.15, -0.1) is 0 Å². The van der Waals surface area contributed by atoms with E-state index in [4.69, 9.17) is 4.74 Å². The molecule has 1 aromatic rings. The fraction of sp³-hybridized carbons (Fsp3) is 0.600. The predicted octanol–water partition coefficient (Wildman–Crippen LogP) is 3.60. The maximum absolute atomic E-state index is 13.2.